The Balaban J connectivity index is 2.29. The van der Waals surface area contributed by atoms with E-state index in [1.165, 1.54) is 6.33 Å². The molecule has 2 heterocycles. The molecule has 0 amide bonds. The van der Waals surface area contributed by atoms with Crippen LogP contribution in [0.25, 0.3) is 0 Å². The third-order valence-electron chi connectivity index (χ3n) is 3.09. The molecule has 19 heavy (non-hydrogen) atoms. The Morgan fingerprint density at radius 3 is 2.74 bits per heavy atom. The Labute approximate surface area is 112 Å². The van der Waals surface area contributed by atoms with Crippen LogP contribution in [0.15, 0.2) is 6.33 Å². The van der Waals surface area contributed by atoms with Crippen LogP contribution in [-0.2, 0) is 13.5 Å². The van der Waals surface area contributed by atoms with Gasteiger partial charge in [0.25, 0.3) is 0 Å². The van der Waals surface area contributed by atoms with Gasteiger partial charge in [-0.2, -0.15) is 10.1 Å². The summed E-state index contributed by atoms with van der Waals surface area (Å²) in [7, 11) is 1.86. The zero-order valence-electron chi connectivity index (χ0n) is 11.7. The number of hydrogen-bond acceptors (Lipinski definition) is 6. The molecule has 0 radical (unpaired) electrons. The summed E-state index contributed by atoms with van der Waals surface area (Å²) in [6, 6.07) is -0.00907. The number of nitrogen functional groups attached to an aromatic ring is 1. The van der Waals surface area contributed by atoms with Gasteiger partial charge in [0, 0.05) is 12.6 Å². The SMILES string of the molecule is CCc1nc(N)nc(NC(C)c2ncnn2C)c1C. The molecule has 3 N–H and O–H groups in total. The zero-order chi connectivity index (χ0) is 14.0. The van der Waals surface area contributed by atoms with Crippen molar-refractivity contribution >= 4 is 11.8 Å². The molecule has 0 fully saturated rings. The highest BCUT2D eigenvalue weighted by molar-refractivity contribution is 5.49. The Kier molecular flexibility index (Phi) is 3.64. The lowest BCUT2D eigenvalue weighted by atomic mass is 10.2. The Morgan fingerprint density at radius 1 is 1.42 bits per heavy atom. The number of rotatable bonds is 4. The molecule has 7 nitrogen and oxygen atoms in total. The fourth-order valence-electron chi connectivity index (χ4n) is 2.03. The van der Waals surface area contributed by atoms with Crippen molar-refractivity contribution < 1.29 is 0 Å². The third-order valence-corrected chi connectivity index (χ3v) is 3.09. The standard InChI is InChI=1S/C12H19N7/c1-5-9-7(2)10(18-12(13)17-9)16-8(3)11-14-6-15-19(11)4/h6,8H,5H2,1-4H3,(H3,13,16,17,18). The topological polar surface area (TPSA) is 94.5 Å². The van der Waals surface area contributed by atoms with Crippen LogP contribution in [0, 0.1) is 6.92 Å². The highest BCUT2D eigenvalue weighted by Crippen LogP contribution is 2.21. The minimum absolute atomic E-state index is 0.00907. The molecule has 0 spiro atoms. The van der Waals surface area contributed by atoms with Gasteiger partial charge in [-0.15, -0.1) is 0 Å². The summed E-state index contributed by atoms with van der Waals surface area (Å²) in [5.41, 5.74) is 7.71. The molecule has 0 aromatic carbocycles. The van der Waals surface area contributed by atoms with Crippen LogP contribution < -0.4 is 11.1 Å². The molecule has 102 valence electrons. The van der Waals surface area contributed by atoms with E-state index < -0.39 is 0 Å². The summed E-state index contributed by atoms with van der Waals surface area (Å²) in [6.45, 7) is 6.04. The van der Waals surface area contributed by atoms with Crippen molar-refractivity contribution in [1.82, 2.24) is 24.7 Å². The fraction of sp³-hybridized carbons (Fsp3) is 0.500. The number of nitrogens with zero attached hydrogens (tertiary/aromatic N) is 5. The van der Waals surface area contributed by atoms with Crippen LogP contribution in [0.4, 0.5) is 11.8 Å². The summed E-state index contributed by atoms with van der Waals surface area (Å²) in [4.78, 5) is 12.7. The molecule has 1 atom stereocenters. The summed E-state index contributed by atoms with van der Waals surface area (Å²) in [5, 5.41) is 7.38. The molecular weight excluding hydrogens is 242 g/mol. The van der Waals surface area contributed by atoms with Crippen molar-refractivity contribution in [2.75, 3.05) is 11.1 Å². The van der Waals surface area contributed by atoms with E-state index in [0.29, 0.717) is 0 Å². The fourth-order valence-corrected chi connectivity index (χ4v) is 2.03. The highest BCUT2D eigenvalue weighted by atomic mass is 15.3. The van der Waals surface area contributed by atoms with Crippen molar-refractivity contribution in [2.45, 2.75) is 33.2 Å². The molecule has 2 rings (SSSR count). The number of anilines is 2. The Hall–Kier alpha value is -2.18. The molecule has 2 aromatic rings. The van der Waals surface area contributed by atoms with Gasteiger partial charge in [0.15, 0.2) is 0 Å². The first-order valence-corrected chi connectivity index (χ1v) is 6.26. The van der Waals surface area contributed by atoms with Crippen LogP contribution in [-0.4, -0.2) is 24.7 Å². The van der Waals surface area contributed by atoms with E-state index in [-0.39, 0.29) is 12.0 Å². The molecular formula is C12H19N7. The van der Waals surface area contributed by atoms with Gasteiger partial charge in [-0.05, 0) is 20.3 Å². The second-order valence-corrected chi connectivity index (χ2v) is 4.46. The van der Waals surface area contributed by atoms with E-state index in [9.17, 15) is 0 Å². The molecule has 7 heteroatoms. The number of aryl methyl sites for hydroxylation is 2. The van der Waals surface area contributed by atoms with Crippen molar-refractivity contribution in [3.05, 3.63) is 23.4 Å². The second kappa shape index (κ2) is 5.21. The monoisotopic (exact) mass is 261 g/mol. The normalized spacial score (nSPS) is 12.4. The first-order chi connectivity index (χ1) is 9.02. The first kappa shape index (κ1) is 13.3. The minimum Gasteiger partial charge on any atom is -0.368 e. The third kappa shape index (κ3) is 2.64. The molecule has 0 bridgehead atoms. The summed E-state index contributed by atoms with van der Waals surface area (Å²) >= 11 is 0. The maximum Gasteiger partial charge on any atom is 0.222 e. The van der Waals surface area contributed by atoms with Crippen LogP contribution >= 0.6 is 0 Å². The second-order valence-electron chi connectivity index (χ2n) is 4.46. The van der Waals surface area contributed by atoms with E-state index in [1.54, 1.807) is 4.68 Å². The van der Waals surface area contributed by atoms with Gasteiger partial charge in [-0.25, -0.2) is 9.97 Å². The molecule has 0 aliphatic rings. The van der Waals surface area contributed by atoms with Gasteiger partial charge in [-0.1, -0.05) is 6.92 Å². The van der Waals surface area contributed by atoms with E-state index >= 15 is 0 Å². The van der Waals surface area contributed by atoms with Crippen LogP contribution in [0.1, 0.15) is 37.0 Å². The average molecular weight is 261 g/mol. The molecule has 2 aromatic heterocycles. The maximum atomic E-state index is 5.73. The molecule has 0 saturated heterocycles. The lowest BCUT2D eigenvalue weighted by Crippen LogP contribution is -2.16. The summed E-state index contributed by atoms with van der Waals surface area (Å²) in [5.74, 6) is 1.88. The van der Waals surface area contributed by atoms with Crippen LogP contribution in [0.5, 0.6) is 0 Å². The number of hydrogen-bond donors (Lipinski definition) is 2. The van der Waals surface area contributed by atoms with Gasteiger partial charge in [0.2, 0.25) is 5.95 Å². The smallest absolute Gasteiger partial charge is 0.222 e. The predicted octanol–water partition coefficient (Wildman–Crippen LogP) is 1.23. The van der Waals surface area contributed by atoms with Crippen molar-refractivity contribution in [3.63, 3.8) is 0 Å². The summed E-state index contributed by atoms with van der Waals surface area (Å²) < 4.78 is 1.73. The van der Waals surface area contributed by atoms with Gasteiger partial charge in [0.1, 0.15) is 18.0 Å². The van der Waals surface area contributed by atoms with Crippen LogP contribution in [0.3, 0.4) is 0 Å². The van der Waals surface area contributed by atoms with E-state index in [4.69, 9.17) is 5.73 Å². The van der Waals surface area contributed by atoms with Gasteiger partial charge in [-0.3, -0.25) is 4.68 Å². The largest absolute Gasteiger partial charge is 0.368 e. The van der Waals surface area contributed by atoms with E-state index in [2.05, 4.69) is 25.4 Å². The van der Waals surface area contributed by atoms with E-state index in [0.717, 1.165) is 29.3 Å². The molecule has 0 aliphatic heterocycles. The average Bonchev–Trinajstić information content (AvgIpc) is 2.79. The highest BCUT2D eigenvalue weighted by Gasteiger charge is 2.15. The first-order valence-electron chi connectivity index (χ1n) is 6.26. The van der Waals surface area contributed by atoms with Gasteiger partial charge < -0.3 is 11.1 Å². The Morgan fingerprint density at radius 2 is 2.16 bits per heavy atom. The maximum absolute atomic E-state index is 5.73. The van der Waals surface area contributed by atoms with Crippen LogP contribution in [0.2, 0.25) is 0 Å². The van der Waals surface area contributed by atoms with Gasteiger partial charge in [0.05, 0.1) is 11.7 Å². The van der Waals surface area contributed by atoms with Crippen molar-refractivity contribution in [1.29, 1.82) is 0 Å². The molecule has 0 saturated carbocycles. The zero-order valence-corrected chi connectivity index (χ0v) is 11.7. The number of nitrogens with two attached hydrogens (primary N) is 1. The lowest BCUT2D eigenvalue weighted by Gasteiger charge is -2.16. The van der Waals surface area contributed by atoms with E-state index in [1.807, 2.05) is 27.8 Å². The number of aromatic nitrogens is 5. The predicted molar refractivity (Wildman–Crippen MR) is 73.6 cm³/mol. The van der Waals surface area contributed by atoms with Gasteiger partial charge >= 0.3 is 0 Å². The van der Waals surface area contributed by atoms with Crippen molar-refractivity contribution in [2.24, 2.45) is 7.05 Å². The number of nitrogens with one attached hydrogen (secondary N) is 1. The minimum atomic E-state index is -0.00907. The lowest BCUT2D eigenvalue weighted by molar-refractivity contribution is 0.659. The summed E-state index contributed by atoms with van der Waals surface area (Å²) in [6.07, 6.45) is 2.36. The molecule has 1 unspecified atom stereocenters. The van der Waals surface area contributed by atoms with Crippen molar-refractivity contribution in [3.8, 4) is 0 Å². The molecule has 0 aliphatic carbocycles. The Bertz CT molecular complexity index is 575. The quantitative estimate of drug-likeness (QED) is 0.859.